The summed E-state index contributed by atoms with van der Waals surface area (Å²) in [5, 5.41) is 5.48. The number of halogens is 2. The quantitative estimate of drug-likeness (QED) is 0.800. The SMILES string of the molecule is C[C@@H](c1ccc(S(N)(=O)=O)cc1)N(C)S(=O)(=O)c1cc(Cl)cc(Cl)c1. The molecule has 0 fully saturated rings. The van der Waals surface area contributed by atoms with Crippen LogP contribution in [-0.4, -0.2) is 28.2 Å². The van der Waals surface area contributed by atoms with E-state index in [1.165, 1.54) is 49.5 Å². The fourth-order valence-electron chi connectivity index (χ4n) is 2.20. The molecule has 0 radical (unpaired) electrons. The van der Waals surface area contributed by atoms with Crippen LogP contribution >= 0.6 is 23.2 Å². The molecule has 136 valence electrons. The molecule has 0 saturated carbocycles. The zero-order chi connectivity index (χ0) is 19.0. The zero-order valence-electron chi connectivity index (χ0n) is 13.3. The Morgan fingerprint density at radius 2 is 1.40 bits per heavy atom. The Labute approximate surface area is 157 Å². The fraction of sp³-hybridized carbons (Fsp3) is 0.200. The van der Waals surface area contributed by atoms with E-state index in [0.717, 1.165) is 4.31 Å². The average Bonchev–Trinajstić information content (AvgIpc) is 2.51. The van der Waals surface area contributed by atoms with Gasteiger partial charge < -0.3 is 0 Å². The summed E-state index contributed by atoms with van der Waals surface area (Å²) in [5.41, 5.74) is 0.603. The normalized spacial score (nSPS) is 13.8. The molecule has 0 aliphatic rings. The summed E-state index contributed by atoms with van der Waals surface area (Å²) in [4.78, 5) is -0.0731. The van der Waals surface area contributed by atoms with E-state index < -0.39 is 26.1 Å². The van der Waals surface area contributed by atoms with Gasteiger partial charge in [0.1, 0.15) is 0 Å². The zero-order valence-corrected chi connectivity index (χ0v) is 16.5. The number of nitrogens with zero attached hydrogens (tertiary/aromatic N) is 1. The van der Waals surface area contributed by atoms with Gasteiger partial charge in [0.15, 0.2) is 0 Å². The highest BCUT2D eigenvalue weighted by Crippen LogP contribution is 2.29. The maximum atomic E-state index is 12.8. The predicted molar refractivity (Wildman–Crippen MR) is 97.6 cm³/mol. The van der Waals surface area contributed by atoms with Crippen LogP contribution in [0, 0.1) is 0 Å². The van der Waals surface area contributed by atoms with Crippen LogP contribution in [0.3, 0.4) is 0 Å². The van der Waals surface area contributed by atoms with Crippen LogP contribution in [0.2, 0.25) is 10.0 Å². The van der Waals surface area contributed by atoms with E-state index in [1.54, 1.807) is 6.92 Å². The standard InChI is InChI=1S/C15H16Cl2N2O4S2/c1-10(11-3-5-14(6-4-11)24(18,20)21)19(2)25(22,23)15-8-12(16)7-13(17)9-15/h3-10H,1-2H3,(H2,18,20,21)/t10-/m0/s1. The molecule has 0 aliphatic heterocycles. The minimum absolute atomic E-state index is 0.0273. The molecule has 0 amide bonds. The van der Waals surface area contributed by atoms with Crippen LogP contribution < -0.4 is 5.14 Å². The topological polar surface area (TPSA) is 97.5 Å². The first-order chi connectivity index (χ1) is 11.4. The molecule has 0 bridgehead atoms. The van der Waals surface area contributed by atoms with Crippen molar-refractivity contribution in [3.8, 4) is 0 Å². The molecule has 0 unspecified atom stereocenters. The van der Waals surface area contributed by atoms with Crippen molar-refractivity contribution in [1.29, 1.82) is 0 Å². The Kier molecular flexibility index (Phi) is 5.82. The molecule has 2 aromatic rings. The van der Waals surface area contributed by atoms with Crippen LogP contribution in [0.5, 0.6) is 0 Å². The predicted octanol–water partition coefficient (Wildman–Crippen LogP) is 3.02. The van der Waals surface area contributed by atoms with E-state index in [-0.39, 0.29) is 19.8 Å². The van der Waals surface area contributed by atoms with Crippen LogP contribution in [0.15, 0.2) is 52.3 Å². The highest BCUT2D eigenvalue weighted by Gasteiger charge is 2.27. The van der Waals surface area contributed by atoms with Gasteiger partial charge >= 0.3 is 0 Å². The van der Waals surface area contributed by atoms with Crippen molar-refractivity contribution in [1.82, 2.24) is 4.31 Å². The molecule has 0 aromatic heterocycles. The molecule has 1 atom stereocenters. The summed E-state index contributed by atoms with van der Waals surface area (Å²) in [6, 6.07) is 9.21. The number of primary sulfonamides is 1. The molecule has 0 spiro atoms. The lowest BCUT2D eigenvalue weighted by atomic mass is 10.1. The first kappa shape index (κ1) is 20.2. The maximum absolute atomic E-state index is 12.8. The lowest BCUT2D eigenvalue weighted by molar-refractivity contribution is 0.398. The van der Waals surface area contributed by atoms with Gasteiger partial charge in [-0.2, -0.15) is 4.31 Å². The molecular formula is C15H16Cl2N2O4S2. The molecule has 2 aromatic carbocycles. The van der Waals surface area contributed by atoms with Crippen molar-refractivity contribution < 1.29 is 16.8 Å². The largest absolute Gasteiger partial charge is 0.243 e. The Bertz CT molecular complexity index is 970. The van der Waals surface area contributed by atoms with Gasteiger partial charge in [-0.05, 0) is 42.8 Å². The second kappa shape index (κ2) is 7.22. The van der Waals surface area contributed by atoms with E-state index in [4.69, 9.17) is 28.3 Å². The van der Waals surface area contributed by atoms with Crippen LogP contribution in [0.25, 0.3) is 0 Å². The number of sulfonamides is 2. The second-order valence-corrected chi connectivity index (χ2v) is 9.85. The highest BCUT2D eigenvalue weighted by atomic mass is 35.5. The summed E-state index contributed by atoms with van der Waals surface area (Å²) < 4.78 is 49.3. The Hall–Kier alpha value is -1.16. The number of rotatable bonds is 5. The summed E-state index contributed by atoms with van der Waals surface area (Å²) in [5.74, 6) is 0. The van der Waals surface area contributed by atoms with Gasteiger partial charge in [0.25, 0.3) is 0 Å². The Balaban J connectivity index is 2.36. The Morgan fingerprint density at radius 1 is 0.920 bits per heavy atom. The Morgan fingerprint density at radius 3 is 1.84 bits per heavy atom. The summed E-state index contributed by atoms with van der Waals surface area (Å²) in [6.45, 7) is 1.68. The van der Waals surface area contributed by atoms with Crippen LogP contribution in [0.4, 0.5) is 0 Å². The van der Waals surface area contributed by atoms with E-state index in [2.05, 4.69) is 0 Å². The first-order valence-corrected chi connectivity index (χ1v) is 10.7. The molecule has 0 heterocycles. The lowest BCUT2D eigenvalue weighted by Crippen LogP contribution is -2.30. The highest BCUT2D eigenvalue weighted by molar-refractivity contribution is 7.89. The smallest absolute Gasteiger partial charge is 0.225 e. The molecule has 0 aliphatic carbocycles. The van der Waals surface area contributed by atoms with Gasteiger partial charge in [0.05, 0.1) is 9.79 Å². The number of benzene rings is 2. The van der Waals surface area contributed by atoms with Crippen molar-refractivity contribution >= 4 is 43.2 Å². The lowest BCUT2D eigenvalue weighted by Gasteiger charge is -2.25. The molecule has 0 saturated heterocycles. The van der Waals surface area contributed by atoms with E-state index in [9.17, 15) is 16.8 Å². The molecule has 25 heavy (non-hydrogen) atoms. The summed E-state index contributed by atoms with van der Waals surface area (Å²) >= 11 is 11.8. The van der Waals surface area contributed by atoms with Gasteiger partial charge in [-0.15, -0.1) is 0 Å². The molecular weight excluding hydrogens is 407 g/mol. The van der Waals surface area contributed by atoms with E-state index in [1.807, 2.05) is 0 Å². The van der Waals surface area contributed by atoms with E-state index in [0.29, 0.717) is 5.56 Å². The molecule has 2 rings (SSSR count). The minimum atomic E-state index is -3.85. The van der Waals surface area contributed by atoms with Gasteiger partial charge in [0.2, 0.25) is 20.0 Å². The van der Waals surface area contributed by atoms with Gasteiger partial charge in [-0.25, -0.2) is 22.0 Å². The molecule has 2 N–H and O–H groups in total. The first-order valence-electron chi connectivity index (χ1n) is 7.00. The van der Waals surface area contributed by atoms with Gasteiger partial charge in [-0.1, -0.05) is 35.3 Å². The molecule has 10 heteroatoms. The third-order valence-corrected chi connectivity index (χ3v) is 7.02. The number of hydrogen-bond acceptors (Lipinski definition) is 4. The van der Waals surface area contributed by atoms with Crippen molar-refractivity contribution in [2.45, 2.75) is 22.8 Å². The van der Waals surface area contributed by atoms with Gasteiger partial charge in [-0.3, -0.25) is 0 Å². The fourth-order valence-corrected chi connectivity index (χ4v) is 4.79. The van der Waals surface area contributed by atoms with Crippen molar-refractivity contribution in [2.24, 2.45) is 5.14 Å². The number of hydrogen-bond donors (Lipinski definition) is 1. The monoisotopic (exact) mass is 422 g/mol. The second-order valence-electron chi connectivity index (χ2n) is 5.42. The minimum Gasteiger partial charge on any atom is -0.225 e. The van der Waals surface area contributed by atoms with Crippen LogP contribution in [0.1, 0.15) is 18.5 Å². The van der Waals surface area contributed by atoms with E-state index >= 15 is 0 Å². The summed E-state index contributed by atoms with van der Waals surface area (Å²) in [7, 11) is -6.24. The number of nitrogens with two attached hydrogens (primary N) is 1. The molecule has 6 nitrogen and oxygen atoms in total. The maximum Gasteiger partial charge on any atom is 0.243 e. The third-order valence-electron chi connectivity index (χ3n) is 3.75. The van der Waals surface area contributed by atoms with Crippen molar-refractivity contribution in [2.75, 3.05) is 7.05 Å². The van der Waals surface area contributed by atoms with Gasteiger partial charge in [0, 0.05) is 23.1 Å². The van der Waals surface area contributed by atoms with Crippen molar-refractivity contribution in [3.63, 3.8) is 0 Å². The summed E-state index contributed by atoms with van der Waals surface area (Å²) in [6.07, 6.45) is 0. The van der Waals surface area contributed by atoms with Crippen LogP contribution in [-0.2, 0) is 20.0 Å². The van der Waals surface area contributed by atoms with Crippen molar-refractivity contribution in [3.05, 3.63) is 58.1 Å². The third kappa shape index (κ3) is 4.52. The average molecular weight is 423 g/mol.